The van der Waals surface area contributed by atoms with Crippen LogP contribution in [0.2, 0.25) is 0 Å². The Morgan fingerprint density at radius 1 is 1.44 bits per heavy atom. The molecule has 0 spiro atoms. The number of hydrogen-bond acceptors (Lipinski definition) is 3. The fraction of sp³-hybridized carbons (Fsp3) is 0.333. The summed E-state index contributed by atoms with van der Waals surface area (Å²) < 4.78 is 15.7. The second-order valence-electron chi connectivity index (χ2n) is 7.26. The highest BCUT2D eigenvalue weighted by molar-refractivity contribution is 7.10. The molecule has 0 saturated carbocycles. The third kappa shape index (κ3) is 3.54. The van der Waals surface area contributed by atoms with E-state index in [4.69, 9.17) is 0 Å². The van der Waals surface area contributed by atoms with E-state index in [0.29, 0.717) is 17.3 Å². The van der Waals surface area contributed by atoms with Crippen molar-refractivity contribution >= 4 is 17.2 Å². The number of benzene rings is 1. The fourth-order valence-electron chi connectivity index (χ4n) is 3.72. The number of aryl methyl sites for hydroxylation is 1. The Morgan fingerprint density at radius 3 is 3.04 bits per heavy atom. The largest absolute Gasteiger partial charge is 0.338 e. The molecule has 1 aliphatic rings. The van der Waals surface area contributed by atoms with Gasteiger partial charge in [0, 0.05) is 29.7 Å². The Hall–Kier alpha value is -2.47. The van der Waals surface area contributed by atoms with Gasteiger partial charge in [0.25, 0.3) is 5.91 Å². The molecule has 0 radical (unpaired) electrons. The van der Waals surface area contributed by atoms with Crippen LogP contribution in [0.25, 0.3) is 0 Å². The molecule has 2 aromatic heterocycles. The molecule has 1 aliphatic carbocycles. The zero-order valence-electron chi connectivity index (χ0n) is 15.4. The number of nitrogens with zero attached hydrogens (tertiary/aromatic N) is 2. The zero-order chi connectivity index (χ0) is 19.0. The maximum Gasteiger partial charge on any atom is 0.253 e. The van der Waals surface area contributed by atoms with E-state index >= 15 is 0 Å². The molecule has 1 amide bonds. The lowest BCUT2D eigenvalue weighted by Gasteiger charge is -2.21. The van der Waals surface area contributed by atoms with Gasteiger partial charge in [0.05, 0.1) is 5.56 Å². The predicted octanol–water partition coefficient (Wildman–Crippen LogP) is 4.26. The number of carbonyl (C=O) groups is 1. The molecule has 1 N–H and O–H groups in total. The number of rotatable bonds is 4. The molecule has 3 aromatic rings. The summed E-state index contributed by atoms with van der Waals surface area (Å²) >= 11 is 1.67. The van der Waals surface area contributed by atoms with Crippen molar-refractivity contribution in [3.05, 3.63) is 75.2 Å². The smallest absolute Gasteiger partial charge is 0.253 e. The molecule has 140 valence electrons. The summed E-state index contributed by atoms with van der Waals surface area (Å²) in [7, 11) is 1.87. The van der Waals surface area contributed by atoms with Crippen LogP contribution in [0.4, 0.5) is 4.39 Å². The number of nitrogens with one attached hydrogen (secondary N) is 1. The van der Waals surface area contributed by atoms with Crippen molar-refractivity contribution in [2.75, 3.05) is 0 Å². The molecule has 6 heteroatoms. The number of amides is 1. The summed E-state index contributed by atoms with van der Waals surface area (Å²) in [6.07, 6.45) is 6.59. The molecule has 0 saturated heterocycles. The minimum atomic E-state index is -0.508. The van der Waals surface area contributed by atoms with E-state index < -0.39 is 6.04 Å². The molecule has 0 bridgehead atoms. The normalized spacial score (nSPS) is 17.4. The van der Waals surface area contributed by atoms with E-state index in [1.54, 1.807) is 23.6 Å². The van der Waals surface area contributed by atoms with Gasteiger partial charge in [0.2, 0.25) is 0 Å². The number of hydrogen-bond donors (Lipinski definition) is 1. The van der Waals surface area contributed by atoms with Gasteiger partial charge in [-0.25, -0.2) is 9.37 Å². The van der Waals surface area contributed by atoms with Crippen molar-refractivity contribution < 1.29 is 9.18 Å². The summed E-state index contributed by atoms with van der Waals surface area (Å²) in [5.41, 5.74) is 2.60. The van der Waals surface area contributed by atoms with Crippen LogP contribution in [0.5, 0.6) is 0 Å². The van der Waals surface area contributed by atoms with Crippen LogP contribution in [0.15, 0.2) is 42.0 Å². The van der Waals surface area contributed by atoms with Gasteiger partial charge in [-0.1, -0.05) is 19.1 Å². The van der Waals surface area contributed by atoms with Gasteiger partial charge < -0.3 is 9.88 Å². The van der Waals surface area contributed by atoms with Crippen LogP contribution in [-0.2, 0) is 19.9 Å². The second kappa shape index (κ2) is 7.27. The molecule has 4 rings (SSSR count). The quantitative estimate of drug-likeness (QED) is 0.732. The van der Waals surface area contributed by atoms with E-state index in [9.17, 15) is 9.18 Å². The molecule has 4 nitrogen and oxygen atoms in total. The Morgan fingerprint density at radius 2 is 2.30 bits per heavy atom. The van der Waals surface area contributed by atoms with Gasteiger partial charge in [-0.15, -0.1) is 11.3 Å². The number of carbonyl (C=O) groups excluding carboxylic acids is 1. The van der Waals surface area contributed by atoms with E-state index in [2.05, 4.69) is 17.2 Å². The fourth-order valence-corrected chi connectivity index (χ4v) is 4.96. The lowest BCUT2D eigenvalue weighted by molar-refractivity contribution is 0.0940. The summed E-state index contributed by atoms with van der Waals surface area (Å²) in [4.78, 5) is 18.8. The van der Waals surface area contributed by atoms with E-state index in [0.717, 1.165) is 24.8 Å². The van der Waals surface area contributed by atoms with Crippen molar-refractivity contribution in [3.8, 4) is 0 Å². The summed E-state index contributed by atoms with van der Waals surface area (Å²) in [5, 5.41) is 5.04. The van der Waals surface area contributed by atoms with Gasteiger partial charge in [0.1, 0.15) is 17.7 Å². The van der Waals surface area contributed by atoms with Gasteiger partial charge >= 0.3 is 0 Å². The van der Waals surface area contributed by atoms with E-state index in [1.807, 2.05) is 29.3 Å². The number of thiophene rings is 1. The lowest BCUT2D eigenvalue weighted by Crippen LogP contribution is -2.31. The SMILES string of the molecule is CC1CCc2c(C(=O)NC(c3cccc(F)c3)c3nccn3C)csc2C1. The van der Waals surface area contributed by atoms with E-state index in [1.165, 1.54) is 22.6 Å². The molecular weight excluding hydrogens is 361 g/mol. The van der Waals surface area contributed by atoms with Crippen molar-refractivity contribution in [2.45, 2.75) is 32.2 Å². The average molecular weight is 383 g/mol. The van der Waals surface area contributed by atoms with Crippen LogP contribution in [0.3, 0.4) is 0 Å². The minimum Gasteiger partial charge on any atom is -0.338 e. The Bertz CT molecular complexity index is 977. The maximum absolute atomic E-state index is 13.8. The van der Waals surface area contributed by atoms with Gasteiger partial charge in [0.15, 0.2) is 0 Å². The van der Waals surface area contributed by atoms with Gasteiger partial charge in [-0.2, -0.15) is 0 Å². The first-order valence-electron chi connectivity index (χ1n) is 9.15. The molecule has 2 atom stereocenters. The molecule has 1 aromatic carbocycles. The molecule has 2 heterocycles. The number of halogens is 1. The van der Waals surface area contributed by atoms with Crippen LogP contribution < -0.4 is 5.32 Å². The highest BCUT2D eigenvalue weighted by Crippen LogP contribution is 2.33. The van der Waals surface area contributed by atoms with Crippen molar-refractivity contribution in [1.82, 2.24) is 14.9 Å². The monoisotopic (exact) mass is 383 g/mol. The van der Waals surface area contributed by atoms with Crippen LogP contribution in [0, 0.1) is 11.7 Å². The summed E-state index contributed by atoms with van der Waals surface area (Å²) in [6, 6.07) is 5.81. The third-order valence-corrected chi connectivity index (χ3v) is 6.27. The highest BCUT2D eigenvalue weighted by atomic mass is 32.1. The first-order chi connectivity index (χ1) is 13.0. The lowest BCUT2D eigenvalue weighted by atomic mass is 9.88. The number of fused-ring (bicyclic) bond motifs is 1. The zero-order valence-corrected chi connectivity index (χ0v) is 16.2. The Labute approximate surface area is 162 Å². The van der Waals surface area contributed by atoms with Crippen molar-refractivity contribution in [2.24, 2.45) is 13.0 Å². The molecule has 0 fully saturated rings. The van der Waals surface area contributed by atoms with Crippen LogP contribution >= 0.6 is 11.3 Å². The minimum absolute atomic E-state index is 0.126. The van der Waals surface area contributed by atoms with Crippen LogP contribution in [-0.4, -0.2) is 15.5 Å². The number of aromatic nitrogens is 2. The molecule has 2 unspecified atom stereocenters. The first-order valence-corrected chi connectivity index (χ1v) is 10.0. The number of imidazole rings is 1. The average Bonchev–Trinajstić information content (AvgIpc) is 3.25. The van der Waals surface area contributed by atoms with Gasteiger partial charge in [-0.05, 0) is 48.4 Å². The summed E-state index contributed by atoms with van der Waals surface area (Å²) in [5.74, 6) is 0.883. The van der Waals surface area contributed by atoms with Crippen molar-refractivity contribution in [1.29, 1.82) is 0 Å². The Kier molecular flexibility index (Phi) is 4.83. The van der Waals surface area contributed by atoms with Gasteiger partial charge in [-0.3, -0.25) is 4.79 Å². The summed E-state index contributed by atoms with van der Waals surface area (Å²) in [6.45, 7) is 2.25. The molecule has 27 heavy (non-hydrogen) atoms. The maximum atomic E-state index is 13.8. The standard InChI is InChI=1S/C21H22FN3OS/c1-13-6-7-16-17(12-27-18(16)10-13)21(26)24-19(20-23-8-9-25(20)2)14-4-3-5-15(22)11-14/h3-5,8-9,11-13,19H,6-7,10H2,1-2H3,(H,24,26). The molecular formula is C21H22FN3OS. The van der Waals surface area contributed by atoms with Crippen LogP contribution in [0.1, 0.15) is 51.6 Å². The highest BCUT2D eigenvalue weighted by Gasteiger charge is 2.26. The Balaban J connectivity index is 1.66. The first kappa shape index (κ1) is 17.9. The molecule has 0 aliphatic heterocycles. The second-order valence-corrected chi connectivity index (χ2v) is 8.22. The third-order valence-electron chi connectivity index (χ3n) is 5.22. The topological polar surface area (TPSA) is 46.9 Å². The van der Waals surface area contributed by atoms with Crippen molar-refractivity contribution in [3.63, 3.8) is 0 Å². The van der Waals surface area contributed by atoms with E-state index in [-0.39, 0.29) is 11.7 Å². The predicted molar refractivity (Wildman–Crippen MR) is 104 cm³/mol.